The number of aliphatic imine (C=N–C) groups is 1. The number of carbonyl (C=O) groups is 1. The van der Waals surface area contributed by atoms with Crippen LogP contribution in [0.3, 0.4) is 0 Å². The van der Waals surface area contributed by atoms with Gasteiger partial charge in [-0.15, -0.1) is 24.0 Å². The molecule has 142 valence electrons. The third-order valence-electron chi connectivity index (χ3n) is 3.46. The lowest BCUT2D eigenvalue weighted by Crippen LogP contribution is -2.49. The summed E-state index contributed by atoms with van der Waals surface area (Å²) in [4.78, 5) is 15.9. The molecule has 0 radical (unpaired) electrons. The average molecular weight is 464 g/mol. The maximum atomic E-state index is 14.0. The summed E-state index contributed by atoms with van der Waals surface area (Å²) in [6.07, 6.45) is 0. The van der Waals surface area contributed by atoms with E-state index in [1.165, 1.54) is 6.07 Å². The van der Waals surface area contributed by atoms with Crippen LogP contribution in [0.15, 0.2) is 29.3 Å². The highest BCUT2D eigenvalue weighted by molar-refractivity contribution is 14.0. The van der Waals surface area contributed by atoms with Crippen LogP contribution in [0.25, 0.3) is 0 Å². The van der Waals surface area contributed by atoms with Crippen molar-refractivity contribution in [1.82, 2.24) is 16.0 Å². The van der Waals surface area contributed by atoms with E-state index in [0.717, 1.165) is 0 Å². The van der Waals surface area contributed by atoms with E-state index in [2.05, 4.69) is 20.9 Å². The Kier molecular flexibility index (Phi) is 9.39. The Hall–Kier alpha value is -1.38. The van der Waals surface area contributed by atoms with Gasteiger partial charge in [-0.3, -0.25) is 9.79 Å². The summed E-state index contributed by atoms with van der Waals surface area (Å²) in [5.74, 6) is 0.166. The highest BCUT2D eigenvalue weighted by Gasteiger charge is 2.24. The number of benzene rings is 1. The van der Waals surface area contributed by atoms with Gasteiger partial charge in [-0.1, -0.05) is 32.0 Å². The monoisotopic (exact) mass is 464 g/mol. The average Bonchev–Trinajstić information content (AvgIpc) is 2.45. The molecule has 0 saturated carbocycles. The molecule has 0 aliphatic heterocycles. The largest absolute Gasteiger partial charge is 0.356 e. The van der Waals surface area contributed by atoms with E-state index < -0.39 is 5.41 Å². The smallest absolute Gasteiger partial charge is 0.239 e. The topological polar surface area (TPSA) is 65.5 Å². The summed E-state index contributed by atoms with van der Waals surface area (Å²) in [5.41, 5.74) is -0.0578. The van der Waals surface area contributed by atoms with Gasteiger partial charge >= 0.3 is 0 Å². The first kappa shape index (κ1) is 23.6. The number of nitrogens with zero attached hydrogens (tertiary/aromatic N) is 1. The van der Waals surface area contributed by atoms with Gasteiger partial charge in [-0.25, -0.2) is 4.39 Å². The van der Waals surface area contributed by atoms with E-state index in [9.17, 15) is 9.18 Å². The minimum Gasteiger partial charge on any atom is -0.356 e. The second-order valence-corrected chi connectivity index (χ2v) is 7.44. The van der Waals surface area contributed by atoms with Crippen molar-refractivity contribution in [2.75, 3.05) is 20.1 Å². The van der Waals surface area contributed by atoms with E-state index in [1.807, 2.05) is 40.7 Å². The molecule has 1 aromatic rings. The fraction of sp³-hybridized carbons (Fsp3) is 0.556. The minimum absolute atomic E-state index is 0. The molecule has 25 heavy (non-hydrogen) atoms. The van der Waals surface area contributed by atoms with Gasteiger partial charge < -0.3 is 16.0 Å². The Balaban J connectivity index is 0.00000576. The molecule has 3 N–H and O–H groups in total. The molecule has 0 aromatic heterocycles. The third-order valence-corrected chi connectivity index (χ3v) is 3.46. The Morgan fingerprint density at radius 2 is 1.72 bits per heavy atom. The van der Waals surface area contributed by atoms with Gasteiger partial charge in [-0.05, 0) is 32.4 Å². The molecule has 0 spiro atoms. The first-order chi connectivity index (χ1) is 11.0. The van der Waals surface area contributed by atoms with Crippen LogP contribution < -0.4 is 16.0 Å². The summed E-state index contributed by atoms with van der Waals surface area (Å²) < 4.78 is 14.0. The molecule has 0 heterocycles. The summed E-state index contributed by atoms with van der Waals surface area (Å²) >= 11 is 0. The molecule has 0 aliphatic carbocycles. The van der Waals surface area contributed by atoms with E-state index >= 15 is 0 Å². The fourth-order valence-corrected chi connectivity index (χ4v) is 2.26. The van der Waals surface area contributed by atoms with Crippen LogP contribution in [0.1, 0.15) is 40.2 Å². The highest BCUT2D eigenvalue weighted by atomic mass is 127. The van der Waals surface area contributed by atoms with Crippen molar-refractivity contribution < 1.29 is 9.18 Å². The molecule has 7 heteroatoms. The van der Waals surface area contributed by atoms with Crippen LogP contribution in [0.5, 0.6) is 0 Å². The normalized spacial score (nSPS) is 12.2. The molecule has 1 rings (SSSR count). The maximum absolute atomic E-state index is 14.0. The number of hydrogen-bond donors (Lipinski definition) is 3. The zero-order valence-corrected chi connectivity index (χ0v) is 18.2. The predicted molar refractivity (Wildman–Crippen MR) is 112 cm³/mol. The molecular weight excluding hydrogens is 434 g/mol. The summed E-state index contributed by atoms with van der Waals surface area (Å²) in [6.45, 7) is 10.3. The SMILES string of the molecule is CN=C(NCC(=O)NC(C)(C)C)NCC(C)(C)c1ccccc1F.I. The molecule has 1 amide bonds. The van der Waals surface area contributed by atoms with E-state index in [4.69, 9.17) is 0 Å². The maximum Gasteiger partial charge on any atom is 0.239 e. The molecule has 0 fully saturated rings. The molecule has 0 atom stereocenters. The lowest BCUT2D eigenvalue weighted by atomic mass is 9.84. The number of rotatable bonds is 5. The Labute approximate surface area is 167 Å². The van der Waals surface area contributed by atoms with Crippen LogP contribution in [-0.4, -0.2) is 37.5 Å². The quantitative estimate of drug-likeness (QED) is 0.357. The summed E-state index contributed by atoms with van der Waals surface area (Å²) in [7, 11) is 1.63. The molecular formula is C18H30FIN4O. The number of halogens is 2. The second kappa shape index (κ2) is 9.94. The first-order valence-corrected chi connectivity index (χ1v) is 8.06. The van der Waals surface area contributed by atoms with Gasteiger partial charge in [0.05, 0.1) is 6.54 Å². The van der Waals surface area contributed by atoms with Gasteiger partial charge in [0.15, 0.2) is 5.96 Å². The number of nitrogens with one attached hydrogen (secondary N) is 3. The molecule has 1 aromatic carbocycles. The van der Waals surface area contributed by atoms with Crippen LogP contribution >= 0.6 is 24.0 Å². The first-order valence-electron chi connectivity index (χ1n) is 8.06. The Bertz CT molecular complexity index is 597. The lowest BCUT2D eigenvalue weighted by Gasteiger charge is -2.27. The van der Waals surface area contributed by atoms with Crippen LogP contribution in [-0.2, 0) is 10.2 Å². The van der Waals surface area contributed by atoms with Gasteiger partial charge in [0.1, 0.15) is 5.82 Å². The van der Waals surface area contributed by atoms with Crippen molar-refractivity contribution in [3.05, 3.63) is 35.6 Å². The molecule has 0 unspecified atom stereocenters. The van der Waals surface area contributed by atoms with E-state index in [0.29, 0.717) is 18.1 Å². The predicted octanol–water partition coefficient (Wildman–Crippen LogP) is 2.80. The second-order valence-electron chi connectivity index (χ2n) is 7.44. The van der Waals surface area contributed by atoms with Crippen LogP contribution in [0, 0.1) is 5.82 Å². The van der Waals surface area contributed by atoms with Crippen molar-refractivity contribution in [1.29, 1.82) is 0 Å². The van der Waals surface area contributed by atoms with E-state index in [-0.39, 0.29) is 47.8 Å². The number of guanidine groups is 1. The van der Waals surface area contributed by atoms with Crippen molar-refractivity contribution >= 4 is 35.8 Å². The lowest BCUT2D eigenvalue weighted by molar-refractivity contribution is -0.121. The number of amides is 1. The summed E-state index contributed by atoms with van der Waals surface area (Å²) in [6, 6.07) is 6.74. The number of hydrogen-bond acceptors (Lipinski definition) is 2. The molecule has 0 aliphatic rings. The zero-order valence-electron chi connectivity index (χ0n) is 15.9. The van der Waals surface area contributed by atoms with Gasteiger partial charge in [0.2, 0.25) is 5.91 Å². The standard InChI is InChI=1S/C18H29FN4O.HI/c1-17(2,3)23-15(24)11-21-16(20-6)22-12-18(4,5)13-9-7-8-10-14(13)19;/h7-10H,11-12H2,1-6H3,(H,23,24)(H2,20,21,22);1H. The van der Waals surface area contributed by atoms with Crippen molar-refractivity contribution in [3.63, 3.8) is 0 Å². The van der Waals surface area contributed by atoms with Crippen LogP contribution in [0.4, 0.5) is 4.39 Å². The Morgan fingerprint density at radius 3 is 2.24 bits per heavy atom. The van der Waals surface area contributed by atoms with Gasteiger partial charge in [0, 0.05) is 24.5 Å². The highest BCUT2D eigenvalue weighted by Crippen LogP contribution is 2.24. The molecule has 0 bridgehead atoms. The van der Waals surface area contributed by atoms with Crippen molar-refractivity contribution in [2.24, 2.45) is 4.99 Å². The van der Waals surface area contributed by atoms with Gasteiger partial charge in [0.25, 0.3) is 0 Å². The number of carbonyl (C=O) groups excluding carboxylic acids is 1. The zero-order chi connectivity index (χ0) is 18.4. The Morgan fingerprint density at radius 1 is 1.12 bits per heavy atom. The van der Waals surface area contributed by atoms with E-state index in [1.54, 1.807) is 19.2 Å². The molecule has 5 nitrogen and oxygen atoms in total. The van der Waals surface area contributed by atoms with Crippen LogP contribution in [0.2, 0.25) is 0 Å². The third kappa shape index (κ3) is 8.51. The fourth-order valence-electron chi connectivity index (χ4n) is 2.26. The van der Waals surface area contributed by atoms with Crippen molar-refractivity contribution in [2.45, 2.75) is 45.6 Å². The van der Waals surface area contributed by atoms with Gasteiger partial charge in [-0.2, -0.15) is 0 Å². The minimum atomic E-state index is -0.420. The molecule has 0 saturated heterocycles. The summed E-state index contributed by atoms with van der Waals surface area (Å²) in [5, 5.41) is 8.98. The van der Waals surface area contributed by atoms with Crippen molar-refractivity contribution in [3.8, 4) is 0 Å².